The van der Waals surface area contributed by atoms with Crippen LogP contribution in [0.2, 0.25) is 0 Å². The van der Waals surface area contributed by atoms with Gasteiger partial charge in [-0.3, -0.25) is 4.68 Å². The van der Waals surface area contributed by atoms with Crippen molar-refractivity contribution in [2.45, 2.75) is 50.6 Å². The van der Waals surface area contributed by atoms with Crippen molar-refractivity contribution in [2.75, 3.05) is 37.4 Å². The Labute approximate surface area is 191 Å². The van der Waals surface area contributed by atoms with E-state index in [2.05, 4.69) is 39.4 Å². The molecule has 174 valence electrons. The number of hydrogen-bond acceptors (Lipinski definition) is 7. The van der Waals surface area contributed by atoms with Gasteiger partial charge in [0.25, 0.3) is 5.92 Å². The Morgan fingerprint density at radius 1 is 1.15 bits per heavy atom. The van der Waals surface area contributed by atoms with E-state index in [0.717, 1.165) is 23.3 Å². The van der Waals surface area contributed by atoms with Crippen LogP contribution in [-0.4, -0.2) is 68.3 Å². The van der Waals surface area contributed by atoms with Crippen LogP contribution in [0.4, 0.5) is 26.2 Å². The first kappa shape index (κ1) is 20.7. The predicted octanol–water partition coefficient (Wildman–Crippen LogP) is 3.60. The number of pyridine rings is 1. The van der Waals surface area contributed by atoms with Crippen LogP contribution in [0.15, 0.2) is 24.7 Å². The molecule has 1 N–H and O–H groups in total. The zero-order chi connectivity index (χ0) is 23.0. The summed E-state index contributed by atoms with van der Waals surface area (Å²) in [5.41, 5.74) is 1.62. The summed E-state index contributed by atoms with van der Waals surface area (Å²) in [5, 5.41) is 8.58. The number of likely N-dealkylation sites (N-methyl/N-ethyl adjacent to an activating group) is 1. The summed E-state index contributed by atoms with van der Waals surface area (Å²) >= 11 is 0. The average molecular weight is 455 g/mol. The number of nitrogens with zero attached hydrogens (tertiary/aromatic N) is 7. The van der Waals surface area contributed by atoms with Crippen molar-refractivity contribution in [3.8, 4) is 0 Å². The Bertz CT molecular complexity index is 1230. The molecule has 0 radical (unpaired) electrons. The molecule has 1 aliphatic heterocycles. The number of anilines is 3. The van der Waals surface area contributed by atoms with Gasteiger partial charge >= 0.3 is 0 Å². The van der Waals surface area contributed by atoms with E-state index in [1.807, 2.05) is 28.8 Å². The Kier molecular flexibility index (Phi) is 4.28. The normalized spacial score (nSPS) is 24.7. The number of fused-ring (bicyclic) bond motifs is 1. The smallest absolute Gasteiger partial charge is 0.256 e. The van der Waals surface area contributed by atoms with Crippen molar-refractivity contribution in [2.24, 2.45) is 5.41 Å². The van der Waals surface area contributed by atoms with Gasteiger partial charge in [0, 0.05) is 48.5 Å². The highest BCUT2D eigenvalue weighted by Gasteiger charge is 2.72. The quantitative estimate of drug-likeness (QED) is 0.610. The van der Waals surface area contributed by atoms with Crippen molar-refractivity contribution in [3.05, 3.63) is 30.4 Å². The van der Waals surface area contributed by atoms with Crippen molar-refractivity contribution in [1.29, 1.82) is 0 Å². The minimum Gasteiger partial charge on any atom is -0.354 e. The van der Waals surface area contributed by atoms with Gasteiger partial charge in [0.15, 0.2) is 5.82 Å². The number of aromatic nitrogens is 5. The summed E-state index contributed by atoms with van der Waals surface area (Å²) in [5.74, 6) is -1.46. The third kappa shape index (κ3) is 3.42. The highest BCUT2D eigenvalue weighted by atomic mass is 19.3. The minimum absolute atomic E-state index is 0.0267. The standard InChI is InChI=1S/C23H28F2N8/c1-15-8-16-9-26-20(29-17-10-27-33(11-17)14-22(4-5-22)31(2)3)30-18(16)19(28-15)32-7-6-21(13-32)12-23(21,24)25/h8-11H,4-7,12-14H2,1-3H3,(H,26,29,30). The molecule has 3 aliphatic rings. The van der Waals surface area contributed by atoms with E-state index in [4.69, 9.17) is 4.98 Å². The molecule has 0 aromatic carbocycles. The number of aryl methyl sites for hydroxylation is 1. The van der Waals surface area contributed by atoms with E-state index in [1.165, 1.54) is 12.8 Å². The van der Waals surface area contributed by atoms with Crippen molar-refractivity contribution < 1.29 is 8.78 Å². The van der Waals surface area contributed by atoms with Gasteiger partial charge in [-0.05, 0) is 46.3 Å². The number of alkyl halides is 2. The topological polar surface area (TPSA) is 75.0 Å². The van der Waals surface area contributed by atoms with Crippen LogP contribution in [0.1, 0.15) is 31.4 Å². The summed E-state index contributed by atoms with van der Waals surface area (Å²) in [7, 11) is 4.22. The number of nitrogens with one attached hydrogen (secondary N) is 1. The van der Waals surface area contributed by atoms with Crippen LogP contribution in [0, 0.1) is 12.3 Å². The Morgan fingerprint density at radius 2 is 1.94 bits per heavy atom. The van der Waals surface area contributed by atoms with Gasteiger partial charge < -0.3 is 15.1 Å². The van der Waals surface area contributed by atoms with E-state index in [0.29, 0.717) is 36.8 Å². The Balaban J connectivity index is 1.26. The van der Waals surface area contributed by atoms with Gasteiger partial charge in [0.05, 0.1) is 23.8 Å². The van der Waals surface area contributed by atoms with Gasteiger partial charge in [-0.25, -0.2) is 23.7 Å². The largest absolute Gasteiger partial charge is 0.354 e. The van der Waals surface area contributed by atoms with Gasteiger partial charge in [-0.1, -0.05) is 0 Å². The van der Waals surface area contributed by atoms with Crippen LogP contribution in [0.3, 0.4) is 0 Å². The molecule has 33 heavy (non-hydrogen) atoms. The molecule has 0 amide bonds. The van der Waals surface area contributed by atoms with Crippen molar-refractivity contribution in [3.63, 3.8) is 0 Å². The van der Waals surface area contributed by atoms with Crippen molar-refractivity contribution in [1.82, 2.24) is 29.6 Å². The lowest BCUT2D eigenvalue weighted by Gasteiger charge is -2.23. The molecule has 4 heterocycles. The lowest BCUT2D eigenvalue weighted by molar-refractivity contribution is 0.0711. The van der Waals surface area contributed by atoms with Crippen molar-refractivity contribution >= 4 is 28.4 Å². The second kappa shape index (κ2) is 6.82. The highest BCUT2D eigenvalue weighted by molar-refractivity contribution is 5.89. The van der Waals surface area contributed by atoms with Gasteiger partial charge in [-0.15, -0.1) is 0 Å². The van der Waals surface area contributed by atoms with Gasteiger partial charge in [-0.2, -0.15) is 5.10 Å². The number of hydrogen-bond donors (Lipinski definition) is 1. The van der Waals surface area contributed by atoms with Crippen LogP contribution in [-0.2, 0) is 6.54 Å². The molecule has 10 heteroatoms. The Hall–Kier alpha value is -2.88. The molecule has 0 bridgehead atoms. The third-order valence-corrected chi connectivity index (χ3v) is 7.66. The van der Waals surface area contributed by atoms with Gasteiger partial charge in [0.2, 0.25) is 5.95 Å². The van der Waals surface area contributed by atoms with E-state index in [1.54, 1.807) is 12.4 Å². The average Bonchev–Trinajstić information content (AvgIpc) is 3.47. The molecule has 3 fully saturated rings. The van der Waals surface area contributed by atoms with Crippen LogP contribution >= 0.6 is 0 Å². The molecule has 3 aromatic rings. The summed E-state index contributed by atoms with van der Waals surface area (Å²) in [4.78, 5) is 18.1. The maximum Gasteiger partial charge on any atom is 0.256 e. The monoisotopic (exact) mass is 454 g/mol. The van der Waals surface area contributed by atoms with E-state index in [9.17, 15) is 8.78 Å². The third-order valence-electron chi connectivity index (χ3n) is 7.66. The molecule has 2 saturated carbocycles. The first-order valence-corrected chi connectivity index (χ1v) is 11.4. The highest BCUT2D eigenvalue weighted by Crippen LogP contribution is 2.65. The second-order valence-electron chi connectivity index (χ2n) is 10.2. The molecule has 1 atom stereocenters. The molecule has 6 rings (SSSR count). The van der Waals surface area contributed by atoms with E-state index in [-0.39, 0.29) is 12.0 Å². The first-order chi connectivity index (χ1) is 15.7. The lowest BCUT2D eigenvalue weighted by Crippen LogP contribution is -2.34. The summed E-state index contributed by atoms with van der Waals surface area (Å²) in [6.07, 6.45) is 8.31. The zero-order valence-electron chi connectivity index (χ0n) is 19.1. The summed E-state index contributed by atoms with van der Waals surface area (Å²) in [6.45, 7) is 3.63. The van der Waals surface area contributed by atoms with E-state index < -0.39 is 11.3 Å². The first-order valence-electron chi connectivity index (χ1n) is 11.4. The molecule has 2 aliphatic carbocycles. The summed E-state index contributed by atoms with van der Waals surface area (Å²) in [6, 6.07) is 1.93. The molecular weight excluding hydrogens is 426 g/mol. The van der Waals surface area contributed by atoms with Gasteiger partial charge in [0.1, 0.15) is 5.52 Å². The van der Waals surface area contributed by atoms with Crippen LogP contribution < -0.4 is 10.2 Å². The molecule has 8 nitrogen and oxygen atoms in total. The summed E-state index contributed by atoms with van der Waals surface area (Å²) < 4.78 is 29.8. The lowest BCUT2D eigenvalue weighted by atomic mass is 10.1. The minimum atomic E-state index is -2.56. The molecule has 1 saturated heterocycles. The van der Waals surface area contributed by atoms with Crippen LogP contribution in [0.25, 0.3) is 10.9 Å². The fourth-order valence-corrected chi connectivity index (χ4v) is 5.15. The second-order valence-corrected chi connectivity index (χ2v) is 10.2. The molecular formula is C23H28F2N8. The van der Waals surface area contributed by atoms with E-state index >= 15 is 0 Å². The Morgan fingerprint density at radius 3 is 2.61 bits per heavy atom. The number of halogens is 2. The number of rotatable bonds is 6. The predicted molar refractivity (Wildman–Crippen MR) is 122 cm³/mol. The zero-order valence-corrected chi connectivity index (χ0v) is 19.1. The van der Waals surface area contributed by atoms with Crippen LogP contribution in [0.5, 0.6) is 0 Å². The fraction of sp³-hybridized carbons (Fsp3) is 0.565. The molecule has 3 aromatic heterocycles. The molecule has 1 spiro atoms. The SMILES string of the molecule is Cc1cc2cnc(Nc3cnn(CC4(N(C)C)CC4)c3)nc2c(N2CCC3(C2)CC3(F)F)n1. The maximum absolute atomic E-state index is 13.9. The fourth-order valence-electron chi connectivity index (χ4n) is 5.15. The molecule has 1 unspecified atom stereocenters. The maximum atomic E-state index is 13.9.